The van der Waals surface area contributed by atoms with Crippen LogP contribution in [0.2, 0.25) is 0 Å². The summed E-state index contributed by atoms with van der Waals surface area (Å²) in [6, 6.07) is 10.2. The first kappa shape index (κ1) is 29.5. The number of hydrogen-bond donors (Lipinski definition) is 1. The van der Waals surface area contributed by atoms with Crippen LogP contribution in [0, 0.1) is 22.7 Å². The van der Waals surface area contributed by atoms with Gasteiger partial charge in [-0.1, -0.05) is 19.1 Å². The average Bonchev–Trinajstić information content (AvgIpc) is 2.95. The number of halogens is 3. The maximum Gasteiger partial charge on any atom is 0.416 e. The number of rotatable bonds is 7. The van der Waals surface area contributed by atoms with Crippen LogP contribution in [0.1, 0.15) is 49.6 Å². The Bertz CT molecular complexity index is 1570. The molecule has 1 fully saturated rings. The predicted octanol–water partition coefficient (Wildman–Crippen LogP) is 3.28. The zero-order chi connectivity index (χ0) is 29.9. The van der Waals surface area contributed by atoms with Crippen molar-refractivity contribution in [2.75, 3.05) is 24.5 Å². The number of piperazine rings is 1. The molecule has 3 heterocycles. The topological polar surface area (TPSA) is 131 Å². The van der Waals surface area contributed by atoms with Gasteiger partial charge in [0.2, 0.25) is 5.91 Å². The molecule has 10 nitrogen and oxygen atoms in total. The lowest BCUT2D eigenvalue weighted by molar-refractivity contribution is -0.137. The highest BCUT2D eigenvalue weighted by Crippen LogP contribution is 2.35. The summed E-state index contributed by atoms with van der Waals surface area (Å²) >= 11 is 0. The maximum atomic E-state index is 13.5. The van der Waals surface area contributed by atoms with Gasteiger partial charge in [-0.05, 0) is 43.2 Å². The summed E-state index contributed by atoms with van der Waals surface area (Å²) in [4.78, 5) is 38.8. The number of pyridine rings is 1. The number of anilines is 1. The third-order valence-corrected chi connectivity index (χ3v) is 7.35. The molecule has 2 aromatic heterocycles. The van der Waals surface area contributed by atoms with Crippen LogP contribution in [0.4, 0.5) is 19.0 Å². The third-order valence-electron chi connectivity index (χ3n) is 7.35. The van der Waals surface area contributed by atoms with Crippen molar-refractivity contribution in [3.63, 3.8) is 0 Å². The molecule has 0 spiro atoms. The number of amides is 1. The second-order valence-corrected chi connectivity index (χ2v) is 9.93. The van der Waals surface area contributed by atoms with Gasteiger partial charge in [0.15, 0.2) is 5.82 Å². The van der Waals surface area contributed by atoms with Crippen molar-refractivity contribution in [3.8, 4) is 12.1 Å². The number of nitriles is 2. The second-order valence-electron chi connectivity index (χ2n) is 9.93. The lowest BCUT2D eigenvalue weighted by Crippen LogP contribution is -2.60. The zero-order valence-electron chi connectivity index (χ0n) is 22.8. The largest absolute Gasteiger partial charge is 0.416 e. The molecule has 1 amide bonds. The van der Waals surface area contributed by atoms with Gasteiger partial charge in [0, 0.05) is 38.8 Å². The van der Waals surface area contributed by atoms with E-state index in [1.54, 1.807) is 13.1 Å². The Morgan fingerprint density at radius 1 is 1.15 bits per heavy atom. The quantitative estimate of drug-likeness (QED) is 0.431. The molecule has 3 aromatic rings. The van der Waals surface area contributed by atoms with E-state index in [9.17, 15) is 28.0 Å². The second kappa shape index (κ2) is 11.9. The van der Waals surface area contributed by atoms with Crippen LogP contribution < -0.4 is 15.9 Å². The van der Waals surface area contributed by atoms with E-state index in [1.165, 1.54) is 22.8 Å². The monoisotopic (exact) mass is 566 g/mol. The number of alkyl halides is 3. The average molecular weight is 567 g/mol. The van der Waals surface area contributed by atoms with Gasteiger partial charge in [-0.2, -0.15) is 28.7 Å². The van der Waals surface area contributed by atoms with E-state index in [2.05, 4.69) is 15.3 Å². The molecule has 0 saturated carbocycles. The number of fused-ring (bicyclic) bond motifs is 1. The highest BCUT2D eigenvalue weighted by Gasteiger charge is 2.40. The Hall–Kier alpha value is -4.49. The molecule has 41 heavy (non-hydrogen) atoms. The van der Waals surface area contributed by atoms with Crippen molar-refractivity contribution < 1.29 is 18.0 Å². The first-order valence-corrected chi connectivity index (χ1v) is 13.1. The van der Waals surface area contributed by atoms with E-state index in [4.69, 9.17) is 5.26 Å². The van der Waals surface area contributed by atoms with Gasteiger partial charge in [-0.3, -0.25) is 14.3 Å². The molecule has 1 unspecified atom stereocenters. The Morgan fingerprint density at radius 3 is 2.46 bits per heavy atom. The lowest BCUT2D eigenvalue weighted by atomic mass is 9.96. The molecule has 1 saturated heterocycles. The fourth-order valence-electron chi connectivity index (χ4n) is 5.20. The highest BCUT2D eigenvalue weighted by molar-refractivity contribution is 5.87. The van der Waals surface area contributed by atoms with Gasteiger partial charge in [-0.25, -0.2) is 9.78 Å². The van der Waals surface area contributed by atoms with Crippen molar-refractivity contribution in [2.45, 2.75) is 51.0 Å². The van der Waals surface area contributed by atoms with Crippen LogP contribution in [0.25, 0.3) is 11.0 Å². The minimum absolute atomic E-state index is 0.0895. The smallest absolute Gasteiger partial charge is 0.353 e. The Morgan fingerprint density at radius 2 is 1.85 bits per heavy atom. The molecule has 1 aliphatic heterocycles. The molecule has 0 aliphatic carbocycles. The number of carbonyl (C=O) groups excluding carboxylic acids is 1. The minimum atomic E-state index is -4.52. The summed E-state index contributed by atoms with van der Waals surface area (Å²) in [5.74, 6) is -0.0908. The number of nitrogens with zero attached hydrogens (tertiary/aromatic N) is 7. The summed E-state index contributed by atoms with van der Waals surface area (Å²) in [6.07, 6.45) is -3.85. The zero-order valence-corrected chi connectivity index (χ0v) is 22.8. The summed E-state index contributed by atoms with van der Waals surface area (Å²) in [7, 11) is 1.57. The van der Waals surface area contributed by atoms with Gasteiger partial charge in [0.25, 0.3) is 0 Å². The van der Waals surface area contributed by atoms with Gasteiger partial charge >= 0.3 is 11.9 Å². The summed E-state index contributed by atoms with van der Waals surface area (Å²) in [5.41, 5.74) is 0.179. The molecule has 214 valence electrons. The first-order valence-electron chi connectivity index (χ1n) is 13.1. The minimum Gasteiger partial charge on any atom is -0.353 e. The van der Waals surface area contributed by atoms with E-state index >= 15 is 0 Å². The molecule has 1 aromatic carbocycles. The Kier molecular flexibility index (Phi) is 8.59. The molecule has 4 rings (SSSR count). The van der Waals surface area contributed by atoms with Gasteiger partial charge < -0.3 is 10.2 Å². The molecule has 0 bridgehead atoms. The number of hydrogen-bond acceptors (Lipinski definition) is 8. The summed E-state index contributed by atoms with van der Waals surface area (Å²) < 4.78 is 41.1. The van der Waals surface area contributed by atoms with Crippen molar-refractivity contribution >= 4 is 22.8 Å². The van der Waals surface area contributed by atoms with E-state index in [0.717, 1.165) is 12.1 Å². The standard InChI is InChI=1S/C28H29F3N8O2/c1-4-21-16-38(25-23-22(37(3)27(41)36-25)11-10-20(14-33)35-23)17(2)15-39(21)24(26(40)34-13-5-12-32)18-6-8-19(9-7-18)28(29,30)31/h6-11,17,21,24H,4-5,13,15-16H2,1-3H3,(H,34,40)/t17-,21+,24?/m0/s1. The molecule has 13 heteroatoms. The highest BCUT2D eigenvalue weighted by atomic mass is 19.4. The van der Waals surface area contributed by atoms with Crippen molar-refractivity contribution in [1.82, 2.24) is 24.8 Å². The van der Waals surface area contributed by atoms with Crippen molar-refractivity contribution in [3.05, 3.63) is 63.7 Å². The predicted molar refractivity (Wildman–Crippen MR) is 145 cm³/mol. The van der Waals surface area contributed by atoms with Crippen LogP contribution in [0.5, 0.6) is 0 Å². The van der Waals surface area contributed by atoms with Crippen LogP contribution in [0.15, 0.2) is 41.2 Å². The van der Waals surface area contributed by atoms with E-state index in [0.29, 0.717) is 41.9 Å². The lowest BCUT2D eigenvalue weighted by Gasteiger charge is -2.48. The van der Waals surface area contributed by atoms with Gasteiger partial charge in [0.1, 0.15) is 23.3 Å². The molecule has 3 atom stereocenters. The van der Waals surface area contributed by atoms with E-state index in [-0.39, 0.29) is 30.7 Å². The first-order chi connectivity index (χ1) is 19.5. The Balaban J connectivity index is 1.74. The van der Waals surface area contributed by atoms with Crippen LogP contribution in [0.3, 0.4) is 0 Å². The fourth-order valence-corrected chi connectivity index (χ4v) is 5.20. The molecule has 1 aliphatic rings. The Labute approximate surface area is 234 Å². The van der Waals surface area contributed by atoms with Gasteiger partial charge in [-0.15, -0.1) is 0 Å². The summed E-state index contributed by atoms with van der Waals surface area (Å²) in [6.45, 7) is 4.59. The number of aryl methyl sites for hydroxylation is 1. The SMILES string of the molecule is CC[C@@H]1CN(c2nc(=O)n(C)c3ccc(C#N)nc23)[C@@H](C)CN1C(C(=O)NCCC#N)c1ccc(C(F)(F)F)cc1. The molecular weight excluding hydrogens is 537 g/mol. The van der Waals surface area contributed by atoms with E-state index in [1.807, 2.05) is 35.8 Å². The van der Waals surface area contributed by atoms with E-state index < -0.39 is 29.4 Å². The van der Waals surface area contributed by atoms with Crippen LogP contribution in [-0.4, -0.2) is 57.1 Å². The molecular formula is C28H29F3N8O2. The third kappa shape index (κ3) is 6.00. The maximum absolute atomic E-state index is 13.5. The fraction of sp³-hybridized carbons (Fsp3) is 0.429. The van der Waals surface area contributed by atoms with Crippen molar-refractivity contribution in [1.29, 1.82) is 10.5 Å². The number of nitrogens with one attached hydrogen (secondary N) is 1. The summed E-state index contributed by atoms with van der Waals surface area (Å²) in [5, 5.41) is 21.1. The van der Waals surface area contributed by atoms with Crippen LogP contribution in [-0.2, 0) is 18.0 Å². The normalized spacial score (nSPS) is 18.5. The molecule has 0 radical (unpaired) electrons. The number of carbonyl (C=O) groups is 1. The van der Waals surface area contributed by atoms with Crippen LogP contribution >= 0.6 is 0 Å². The van der Waals surface area contributed by atoms with Crippen molar-refractivity contribution in [2.24, 2.45) is 7.05 Å². The number of benzene rings is 1. The number of aromatic nitrogens is 3. The van der Waals surface area contributed by atoms with Gasteiger partial charge in [0.05, 0.1) is 23.6 Å². The molecule has 1 N–H and O–H groups in total.